The molecule has 0 spiro atoms. The van der Waals surface area contributed by atoms with E-state index in [9.17, 15) is 18.0 Å². The number of benzene rings is 1. The molecule has 22 heavy (non-hydrogen) atoms. The van der Waals surface area contributed by atoms with Crippen molar-refractivity contribution in [2.75, 3.05) is 6.54 Å². The zero-order valence-electron chi connectivity index (χ0n) is 12.5. The van der Waals surface area contributed by atoms with Crippen LogP contribution in [0.3, 0.4) is 0 Å². The summed E-state index contributed by atoms with van der Waals surface area (Å²) in [6, 6.07) is 5.75. The molecule has 1 aromatic carbocycles. The molecule has 0 saturated carbocycles. The lowest BCUT2D eigenvalue weighted by Gasteiger charge is -2.07. The summed E-state index contributed by atoms with van der Waals surface area (Å²) in [6.45, 7) is 2.66. The van der Waals surface area contributed by atoms with Gasteiger partial charge in [0.15, 0.2) is 0 Å². The van der Waals surface area contributed by atoms with Crippen LogP contribution in [0.15, 0.2) is 29.2 Å². The van der Waals surface area contributed by atoms with Crippen LogP contribution in [0, 0.1) is 0 Å². The first-order valence-corrected chi connectivity index (χ1v) is 8.57. The Labute approximate surface area is 130 Å². The Kier molecular flexibility index (Phi) is 7.00. The van der Waals surface area contributed by atoms with Crippen molar-refractivity contribution in [1.82, 2.24) is 10.6 Å². The number of nitrogens with two attached hydrogens (primary N) is 1. The molecule has 0 bridgehead atoms. The van der Waals surface area contributed by atoms with Gasteiger partial charge < -0.3 is 10.6 Å². The largest absolute Gasteiger partial charge is 0.348 e. The molecule has 1 aromatic rings. The summed E-state index contributed by atoms with van der Waals surface area (Å²) >= 11 is 0. The van der Waals surface area contributed by atoms with Gasteiger partial charge in [-0.2, -0.15) is 0 Å². The van der Waals surface area contributed by atoms with Gasteiger partial charge in [-0.3, -0.25) is 9.59 Å². The third-order valence-corrected chi connectivity index (χ3v) is 3.91. The number of nitrogens with one attached hydrogen (secondary N) is 2. The predicted octanol–water partition coefficient (Wildman–Crippen LogP) is 0.257. The minimum atomic E-state index is -3.73. The fourth-order valence-corrected chi connectivity index (χ4v) is 2.23. The number of hydrogen-bond acceptors (Lipinski definition) is 4. The second kappa shape index (κ2) is 8.50. The molecule has 0 unspecified atom stereocenters. The SMILES string of the molecule is CCCCCNC(=O)C(=O)NCc1ccc(S(N)(=O)=O)cc1. The van der Waals surface area contributed by atoms with Crippen molar-refractivity contribution in [2.24, 2.45) is 5.14 Å². The van der Waals surface area contributed by atoms with Crippen molar-refractivity contribution < 1.29 is 18.0 Å². The maximum Gasteiger partial charge on any atom is 0.309 e. The van der Waals surface area contributed by atoms with E-state index in [1.807, 2.05) is 0 Å². The minimum absolute atomic E-state index is 0.00348. The van der Waals surface area contributed by atoms with E-state index < -0.39 is 21.8 Å². The molecule has 0 aliphatic heterocycles. The van der Waals surface area contributed by atoms with Gasteiger partial charge in [0.1, 0.15) is 0 Å². The average Bonchev–Trinajstić information content (AvgIpc) is 2.48. The van der Waals surface area contributed by atoms with Crippen LogP contribution < -0.4 is 15.8 Å². The second-order valence-corrected chi connectivity index (χ2v) is 6.40. The molecule has 8 heteroatoms. The Morgan fingerprint density at radius 1 is 1.05 bits per heavy atom. The van der Waals surface area contributed by atoms with E-state index in [0.717, 1.165) is 19.3 Å². The van der Waals surface area contributed by atoms with Crippen molar-refractivity contribution in [3.8, 4) is 0 Å². The first-order chi connectivity index (χ1) is 10.3. The Bertz CT molecular complexity index is 611. The Morgan fingerprint density at radius 2 is 1.64 bits per heavy atom. The van der Waals surface area contributed by atoms with Crippen LogP contribution in [0.5, 0.6) is 0 Å². The molecule has 122 valence electrons. The van der Waals surface area contributed by atoms with E-state index >= 15 is 0 Å². The van der Waals surface area contributed by atoms with E-state index in [1.54, 1.807) is 0 Å². The van der Waals surface area contributed by atoms with Crippen LogP contribution in [0.2, 0.25) is 0 Å². The molecule has 0 aliphatic carbocycles. The lowest BCUT2D eigenvalue weighted by atomic mass is 10.2. The van der Waals surface area contributed by atoms with Crippen LogP contribution in [0.4, 0.5) is 0 Å². The molecule has 1 rings (SSSR count). The van der Waals surface area contributed by atoms with Crippen LogP contribution in [-0.2, 0) is 26.2 Å². The molecule has 0 radical (unpaired) electrons. The van der Waals surface area contributed by atoms with Crippen molar-refractivity contribution in [1.29, 1.82) is 0 Å². The maximum absolute atomic E-state index is 11.6. The summed E-state index contributed by atoms with van der Waals surface area (Å²) in [6.07, 6.45) is 2.87. The molecule has 4 N–H and O–H groups in total. The van der Waals surface area contributed by atoms with Gasteiger partial charge in [0.25, 0.3) is 0 Å². The van der Waals surface area contributed by atoms with E-state index in [4.69, 9.17) is 5.14 Å². The van der Waals surface area contributed by atoms with Gasteiger partial charge in [-0.1, -0.05) is 31.9 Å². The minimum Gasteiger partial charge on any atom is -0.348 e. The summed E-state index contributed by atoms with van der Waals surface area (Å²) in [5.74, 6) is -1.38. The molecule has 0 aliphatic rings. The molecule has 7 nitrogen and oxygen atoms in total. The molecule has 0 saturated heterocycles. The topological polar surface area (TPSA) is 118 Å². The monoisotopic (exact) mass is 327 g/mol. The van der Waals surface area contributed by atoms with E-state index in [-0.39, 0.29) is 11.4 Å². The third-order valence-electron chi connectivity index (χ3n) is 2.98. The lowest BCUT2D eigenvalue weighted by molar-refractivity contribution is -0.139. The third kappa shape index (κ3) is 6.23. The summed E-state index contributed by atoms with van der Waals surface area (Å²) in [5.41, 5.74) is 0.666. The van der Waals surface area contributed by atoms with Crippen LogP contribution >= 0.6 is 0 Å². The van der Waals surface area contributed by atoms with Gasteiger partial charge >= 0.3 is 11.8 Å². The van der Waals surface area contributed by atoms with Crippen molar-refractivity contribution in [3.63, 3.8) is 0 Å². The van der Waals surface area contributed by atoms with Gasteiger partial charge in [-0.25, -0.2) is 13.6 Å². The highest BCUT2D eigenvalue weighted by Gasteiger charge is 2.12. The normalized spacial score (nSPS) is 11.0. The molecule has 0 atom stereocenters. The van der Waals surface area contributed by atoms with Crippen LogP contribution in [-0.4, -0.2) is 26.8 Å². The smallest absolute Gasteiger partial charge is 0.309 e. The fourth-order valence-electron chi connectivity index (χ4n) is 1.72. The number of sulfonamides is 1. The number of amides is 2. The van der Waals surface area contributed by atoms with Crippen molar-refractivity contribution in [2.45, 2.75) is 37.6 Å². The molecule has 2 amide bonds. The average molecular weight is 327 g/mol. The molecular weight excluding hydrogens is 306 g/mol. The van der Waals surface area contributed by atoms with Crippen LogP contribution in [0.25, 0.3) is 0 Å². The van der Waals surface area contributed by atoms with Crippen molar-refractivity contribution >= 4 is 21.8 Å². The first kappa shape index (κ1) is 18.1. The fraction of sp³-hybridized carbons (Fsp3) is 0.429. The Hall–Kier alpha value is -1.93. The summed E-state index contributed by atoms with van der Waals surface area (Å²) in [5, 5.41) is 9.99. The zero-order valence-corrected chi connectivity index (χ0v) is 13.3. The first-order valence-electron chi connectivity index (χ1n) is 7.02. The summed E-state index contributed by atoms with van der Waals surface area (Å²) in [7, 11) is -3.73. The number of carbonyl (C=O) groups is 2. The number of unbranched alkanes of at least 4 members (excludes halogenated alkanes) is 2. The van der Waals surface area contributed by atoms with Gasteiger partial charge in [-0.05, 0) is 24.1 Å². The highest BCUT2D eigenvalue weighted by atomic mass is 32.2. The highest BCUT2D eigenvalue weighted by Crippen LogP contribution is 2.08. The number of primary sulfonamides is 1. The quantitative estimate of drug-likeness (QED) is 0.491. The van der Waals surface area contributed by atoms with Gasteiger partial charge in [-0.15, -0.1) is 0 Å². The van der Waals surface area contributed by atoms with E-state index in [1.165, 1.54) is 24.3 Å². The Morgan fingerprint density at radius 3 is 2.18 bits per heavy atom. The number of carbonyl (C=O) groups excluding carboxylic acids is 2. The molecular formula is C14H21N3O4S. The molecule has 0 fully saturated rings. The standard InChI is InChI=1S/C14H21N3O4S/c1-2-3-4-9-16-13(18)14(19)17-10-11-5-7-12(8-6-11)22(15,20)21/h5-8H,2-4,9-10H2,1H3,(H,16,18)(H,17,19)(H2,15,20,21). The van der Waals surface area contributed by atoms with Gasteiger partial charge in [0.2, 0.25) is 10.0 Å². The van der Waals surface area contributed by atoms with E-state index in [2.05, 4.69) is 17.6 Å². The summed E-state index contributed by atoms with van der Waals surface area (Å²) < 4.78 is 22.2. The maximum atomic E-state index is 11.6. The second-order valence-electron chi connectivity index (χ2n) is 4.83. The van der Waals surface area contributed by atoms with Crippen LogP contribution in [0.1, 0.15) is 31.7 Å². The zero-order chi connectivity index (χ0) is 16.6. The highest BCUT2D eigenvalue weighted by molar-refractivity contribution is 7.89. The van der Waals surface area contributed by atoms with Gasteiger partial charge in [0, 0.05) is 13.1 Å². The molecule has 0 aromatic heterocycles. The predicted molar refractivity (Wildman–Crippen MR) is 82.2 cm³/mol. The van der Waals surface area contributed by atoms with Gasteiger partial charge in [0.05, 0.1) is 4.90 Å². The number of rotatable bonds is 7. The Balaban J connectivity index is 2.42. The summed E-state index contributed by atoms with van der Waals surface area (Å²) in [4.78, 5) is 23.1. The molecule has 0 heterocycles. The van der Waals surface area contributed by atoms with E-state index in [0.29, 0.717) is 12.1 Å². The lowest BCUT2D eigenvalue weighted by Crippen LogP contribution is -2.39. The van der Waals surface area contributed by atoms with Crippen molar-refractivity contribution in [3.05, 3.63) is 29.8 Å². The number of hydrogen-bond donors (Lipinski definition) is 3.